The minimum Gasteiger partial charge on any atom is -0.377 e. The van der Waals surface area contributed by atoms with Crippen molar-refractivity contribution in [1.29, 1.82) is 0 Å². The van der Waals surface area contributed by atoms with Crippen molar-refractivity contribution in [2.24, 2.45) is 5.73 Å². The molecule has 1 aromatic rings. The topological polar surface area (TPSA) is 38.5 Å². The van der Waals surface area contributed by atoms with Crippen molar-refractivity contribution in [2.75, 3.05) is 20.2 Å². The molecule has 0 spiro atoms. The molecule has 1 heterocycles. The minimum atomic E-state index is 0.0197. The van der Waals surface area contributed by atoms with E-state index in [0.29, 0.717) is 6.10 Å². The molecule has 3 nitrogen and oxygen atoms in total. The van der Waals surface area contributed by atoms with Gasteiger partial charge in [0, 0.05) is 24.2 Å². The Hall–Kier alpha value is -0.610. The largest absolute Gasteiger partial charge is 0.377 e. The Morgan fingerprint density at radius 3 is 2.79 bits per heavy atom. The van der Waals surface area contributed by atoms with Crippen molar-refractivity contribution < 1.29 is 4.74 Å². The molecule has 0 amide bonds. The van der Waals surface area contributed by atoms with Gasteiger partial charge in [0.25, 0.3) is 0 Å². The first-order chi connectivity index (χ1) is 9.09. The smallest absolute Gasteiger partial charge is 0.0702 e. The Morgan fingerprint density at radius 1 is 1.47 bits per heavy atom. The number of nitrogens with zero attached hydrogens (tertiary/aromatic N) is 1. The predicted octanol–water partition coefficient (Wildman–Crippen LogP) is 2.84. The molecule has 0 aliphatic carbocycles. The Morgan fingerprint density at radius 2 is 2.21 bits per heavy atom. The van der Waals surface area contributed by atoms with Crippen LogP contribution in [-0.4, -0.2) is 37.2 Å². The third-order valence-electron chi connectivity index (χ3n) is 3.71. The van der Waals surface area contributed by atoms with Crippen LogP contribution in [0.25, 0.3) is 0 Å². The number of ether oxygens (including phenoxy) is 1. The second-order valence-corrected chi connectivity index (χ2v) is 5.81. The number of hydrogen-bond acceptors (Lipinski definition) is 3. The van der Waals surface area contributed by atoms with E-state index in [2.05, 4.69) is 18.0 Å². The molecule has 1 saturated heterocycles. The van der Waals surface area contributed by atoms with Gasteiger partial charge in [-0.3, -0.25) is 4.90 Å². The molecule has 0 saturated carbocycles. The fourth-order valence-electron chi connectivity index (χ4n) is 2.86. The Bertz CT molecular complexity index is 405. The van der Waals surface area contributed by atoms with Crippen LogP contribution in [0.3, 0.4) is 0 Å². The fraction of sp³-hybridized carbons (Fsp3) is 0.600. The molecule has 2 rings (SSSR count). The number of likely N-dealkylation sites (N-methyl/N-ethyl adjacent to an activating group) is 1. The Labute approximate surface area is 120 Å². The van der Waals surface area contributed by atoms with Crippen LogP contribution < -0.4 is 5.73 Å². The summed E-state index contributed by atoms with van der Waals surface area (Å²) in [6, 6.07) is 8.08. The monoisotopic (exact) mass is 282 g/mol. The highest BCUT2D eigenvalue weighted by Crippen LogP contribution is 2.29. The fourth-order valence-corrected chi connectivity index (χ4v) is 3.11. The summed E-state index contributed by atoms with van der Waals surface area (Å²) >= 11 is 6.31. The molecular formula is C15H23ClN2O. The molecule has 2 N–H and O–H groups in total. The molecule has 0 bridgehead atoms. The van der Waals surface area contributed by atoms with Gasteiger partial charge in [-0.25, -0.2) is 0 Å². The van der Waals surface area contributed by atoms with Crippen LogP contribution in [0.15, 0.2) is 24.3 Å². The van der Waals surface area contributed by atoms with Gasteiger partial charge < -0.3 is 10.5 Å². The lowest BCUT2D eigenvalue weighted by Crippen LogP contribution is -2.40. The van der Waals surface area contributed by atoms with Crippen LogP contribution in [-0.2, 0) is 4.74 Å². The third-order valence-corrected chi connectivity index (χ3v) is 4.06. The molecule has 1 aliphatic rings. The quantitative estimate of drug-likeness (QED) is 0.902. The van der Waals surface area contributed by atoms with Crippen molar-refractivity contribution in [3.8, 4) is 0 Å². The van der Waals surface area contributed by atoms with Crippen LogP contribution in [0.5, 0.6) is 0 Å². The molecule has 3 atom stereocenters. The molecule has 1 fully saturated rings. The van der Waals surface area contributed by atoms with Gasteiger partial charge in [0.2, 0.25) is 0 Å². The van der Waals surface area contributed by atoms with Crippen LogP contribution in [0.2, 0.25) is 5.02 Å². The van der Waals surface area contributed by atoms with Gasteiger partial charge in [0.05, 0.1) is 12.1 Å². The first kappa shape index (κ1) is 14.8. The van der Waals surface area contributed by atoms with Gasteiger partial charge in [-0.2, -0.15) is 0 Å². The summed E-state index contributed by atoms with van der Waals surface area (Å²) in [4.78, 5) is 2.27. The van der Waals surface area contributed by atoms with Gasteiger partial charge >= 0.3 is 0 Å². The van der Waals surface area contributed by atoms with E-state index in [-0.39, 0.29) is 12.1 Å². The highest BCUT2D eigenvalue weighted by atomic mass is 35.5. The van der Waals surface area contributed by atoms with Crippen molar-refractivity contribution in [3.05, 3.63) is 34.9 Å². The van der Waals surface area contributed by atoms with Gasteiger partial charge in [-0.15, -0.1) is 0 Å². The standard InChI is InChI=1S/C15H23ClN2O/c1-11(17)15(13-7-3-4-8-14(13)16)18(2)10-12-6-5-9-19-12/h3-4,7-8,11-12,15H,5-6,9-10,17H2,1-2H3. The number of halogens is 1. The van der Waals surface area contributed by atoms with Crippen molar-refractivity contribution in [2.45, 2.75) is 38.0 Å². The highest BCUT2D eigenvalue weighted by Gasteiger charge is 2.26. The van der Waals surface area contributed by atoms with E-state index in [0.717, 1.165) is 36.6 Å². The summed E-state index contributed by atoms with van der Waals surface area (Å²) in [6.45, 7) is 3.81. The van der Waals surface area contributed by atoms with Gasteiger partial charge in [-0.1, -0.05) is 29.8 Å². The zero-order chi connectivity index (χ0) is 13.8. The number of hydrogen-bond donors (Lipinski definition) is 1. The zero-order valence-electron chi connectivity index (χ0n) is 11.7. The molecule has 1 aromatic carbocycles. The van der Waals surface area contributed by atoms with Crippen molar-refractivity contribution in [3.63, 3.8) is 0 Å². The molecule has 0 radical (unpaired) electrons. The van der Waals surface area contributed by atoms with Crippen LogP contribution in [0.4, 0.5) is 0 Å². The molecule has 0 aromatic heterocycles. The number of nitrogens with two attached hydrogens (primary N) is 1. The molecule has 3 unspecified atom stereocenters. The summed E-state index contributed by atoms with van der Waals surface area (Å²) in [5.41, 5.74) is 7.27. The SMILES string of the molecule is CC(N)C(c1ccccc1Cl)N(C)CC1CCCO1. The van der Waals surface area contributed by atoms with E-state index in [1.165, 1.54) is 0 Å². The van der Waals surface area contributed by atoms with Gasteiger partial charge in [-0.05, 0) is 38.4 Å². The average Bonchev–Trinajstić information content (AvgIpc) is 2.84. The second-order valence-electron chi connectivity index (χ2n) is 5.40. The van der Waals surface area contributed by atoms with E-state index in [9.17, 15) is 0 Å². The highest BCUT2D eigenvalue weighted by molar-refractivity contribution is 6.31. The maximum absolute atomic E-state index is 6.31. The van der Waals surface area contributed by atoms with Gasteiger partial charge in [0.1, 0.15) is 0 Å². The molecule has 106 valence electrons. The first-order valence-corrected chi connectivity index (χ1v) is 7.29. The van der Waals surface area contributed by atoms with Crippen molar-refractivity contribution >= 4 is 11.6 Å². The lowest BCUT2D eigenvalue weighted by Gasteiger charge is -2.33. The Balaban J connectivity index is 2.13. The van der Waals surface area contributed by atoms with Crippen LogP contribution in [0, 0.1) is 0 Å². The molecule has 4 heteroatoms. The Kier molecular flexibility index (Phi) is 5.22. The maximum atomic E-state index is 6.31. The summed E-state index contributed by atoms with van der Waals surface area (Å²) in [7, 11) is 2.10. The average molecular weight is 283 g/mol. The summed E-state index contributed by atoms with van der Waals surface area (Å²) < 4.78 is 5.70. The van der Waals surface area contributed by atoms with Crippen LogP contribution >= 0.6 is 11.6 Å². The summed E-state index contributed by atoms with van der Waals surface area (Å²) in [5, 5.41) is 0.781. The predicted molar refractivity (Wildman–Crippen MR) is 79.4 cm³/mol. The molecular weight excluding hydrogens is 260 g/mol. The summed E-state index contributed by atoms with van der Waals surface area (Å²) in [6.07, 6.45) is 2.63. The van der Waals surface area contributed by atoms with E-state index in [4.69, 9.17) is 22.1 Å². The van der Waals surface area contributed by atoms with Crippen molar-refractivity contribution in [1.82, 2.24) is 4.90 Å². The number of rotatable bonds is 5. The lowest BCUT2D eigenvalue weighted by molar-refractivity contribution is 0.0642. The van der Waals surface area contributed by atoms with Gasteiger partial charge in [0.15, 0.2) is 0 Å². The normalized spacial score (nSPS) is 22.7. The zero-order valence-corrected chi connectivity index (χ0v) is 12.4. The number of benzene rings is 1. The van der Waals surface area contributed by atoms with E-state index >= 15 is 0 Å². The third kappa shape index (κ3) is 3.69. The minimum absolute atomic E-state index is 0.0197. The molecule has 19 heavy (non-hydrogen) atoms. The van der Waals surface area contributed by atoms with E-state index in [1.54, 1.807) is 0 Å². The van der Waals surface area contributed by atoms with Crippen LogP contribution in [0.1, 0.15) is 31.4 Å². The van der Waals surface area contributed by atoms with E-state index < -0.39 is 0 Å². The molecule has 1 aliphatic heterocycles. The maximum Gasteiger partial charge on any atom is 0.0702 e. The lowest BCUT2D eigenvalue weighted by atomic mass is 9.99. The first-order valence-electron chi connectivity index (χ1n) is 6.91. The van der Waals surface area contributed by atoms with E-state index in [1.807, 2.05) is 25.1 Å². The second kappa shape index (κ2) is 6.71. The summed E-state index contributed by atoms with van der Waals surface area (Å²) in [5.74, 6) is 0.